The molecule has 1 aromatic heterocycles. The summed E-state index contributed by atoms with van der Waals surface area (Å²) in [6, 6.07) is 19.6. The molecule has 0 atom stereocenters. The van der Waals surface area contributed by atoms with Crippen LogP contribution in [0.15, 0.2) is 60.8 Å². The van der Waals surface area contributed by atoms with Gasteiger partial charge in [0, 0.05) is 28.7 Å². The van der Waals surface area contributed by atoms with Crippen LogP contribution in [-0.2, 0) is 12.5 Å². The molecule has 0 unspecified atom stereocenters. The van der Waals surface area contributed by atoms with Crippen LogP contribution >= 0.6 is 0 Å². The molecule has 27 heavy (non-hydrogen) atoms. The Morgan fingerprint density at radius 3 is 2.30 bits per heavy atom. The minimum Gasteiger partial charge on any atom is -0.487 e. The smallest absolute Gasteiger partial charge is 0.213 e. The number of nitrogens with zero attached hydrogens (tertiary/aromatic N) is 1. The normalized spacial score (nSPS) is 16.7. The van der Waals surface area contributed by atoms with Gasteiger partial charge in [-0.3, -0.25) is 0 Å². The molecule has 0 spiro atoms. The molecule has 3 aromatic rings. The number of hydrogen-bond acceptors (Lipinski definition) is 1. The number of pyridine rings is 1. The van der Waals surface area contributed by atoms with E-state index in [2.05, 4.69) is 107 Å². The fourth-order valence-corrected chi connectivity index (χ4v) is 3.89. The van der Waals surface area contributed by atoms with Crippen LogP contribution in [0.2, 0.25) is 0 Å². The molecule has 0 saturated heterocycles. The second-order valence-corrected chi connectivity index (χ2v) is 8.67. The molecule has 0 fully saturated rings. The monoisotopic (exact) mass is 358 g/mol. The van der Waals surface area contributed by atoms with Crippen molar-refractivity contribution in [3.8, 4) is 28.1 Å². The van der Waals surface area contributed by atoms with Gasteiger partial charge in [0.05, 0.1) is 0 Å². The summed E-state index contributed by atoms with van der Waals surface area (Å²) in [5.41, 5.74) is 7.30. The molecule has 0 aliphatic carbocycles. The van der Waals surface area contributed by atoms with Crippen molar-refractivity contribution in [3.05, 3.63) is 71.9 Å². The van der Waals surface area contributed by atoms with E-state index in [1.165, 1.54) is 33.5 Å². The van der Waals surface area contributed by atoms with Crippen LogP contribution in [-0.4, -0.2) is 5.60 Å². The van der Waals surface area contributed by atoms with Crippen molar-refractivity contribution in [1.29, 1.82) is 0 Å². The van der Waals surface area contributed by atoms with Crippen LogP contribution in [0.3, 0.4) is 0 Å². The summed E-state index contributed by atoms with van der Waals surface area (Å²) in [5.74, 6) is 1.01. The van der Waals surface area contributed by atoms with Crippen molar-refractivity contribution in [1.82, 2.24) is 0 Å². The van der Waals surface area contributed by atoms with Crippen molar-refractivity contribution in [2.24, 2.45) is 7.05 Å². The first kappa shape index (κ1) is 17.8. The van der Waals surface area contributed by atoms with E-state index in [-0.39, 0.29) is 11.0 Å². The van der Waals surface area contributed by atoms with Gasteiger partial charge in [-0.2, -0.15) is 0 Å². The first-order chi connectivity index (χ1) is 12.7. The zero-order valence-electron chi connectivity index (χ0n) is 17.1. The van der Waals surface area contributed by atoms with Crippen molar-refractivity contribution < 1.29 is 9.30 Å². The number of aromatic nitrogens is 1. The zero-order valence-corrected chi connectivity index (χ0v) is 17.1. The predicted molar refractivity (Wildman–Crippen MR) is 111 cm³/mol. The summed E-state index contributed by atoms with van der Waals surface area (Å²) in [6.45, 7) is 11.1. The highest BCUT2D eigenvalue weighted by molar-refractivity contribution is 5.72. The van der Waals surface area contributed by atoms with E-state index in [0.29, 0.717) is 0 Å². The molecule has 0 radical (unpaired) electrons. The summed E-state index contributed by atoms with van der Waals surface area (Å²) < 4.78 is 8.41. The van der Waals surface area contributed by atoms with Gasteiger partial charge in [0.2, 0.25) is 5.69 Å². The van der Waals surface area contributed by atoms with Crippen LogP contribution in [0.4, 0.5) is 0 Å². The molecule has 0 saturated carbocycles. The van der Waals surface area contributed by atoms with Crippen molar-refractivity contribution in [2.45, 2.75) is 45.6 Å². The largest absolute Gasteiger partial charge is 0.487 e. The standard InChI is InChI=1S/C25H28NO/c1-17-9-7-8-10-20(17)22-16-19(13-14-26(22)6)18-11-12-23-21(15-18)24(2,3)25(4,5)27-23/h7-16H,1-6H3/q+1. The first-order valence-corrected chi connectivity index (χ1v) is 9.60. The fourth-order valence-electron chi connectivity index (χ4n) is 3.89. The van der Waals surface area contributed by atoms with Crippen molar-refractivity contribution in [2.75, 3.05) is 0 Å². The van der Waals surface area contributed by atoms with Gasteiger partial charge in [0.15, 0.2) is 6.20 Å². The summed E-state index contributed by atoms with van der Waals surface area (Å²) in [6.07, 6.45) is 2.15. The number of rotatable bonds is 2. The van der Waals surface area contributed by atoms with E-state index in [1.807, 2.05) is 0 Å². The van der Waals surface area contributed by atoms with Gasteiger partial charge in [0.25, 0.3) is 0 Å². The lowest BCUT2D eigenvalue weighted by atomic mass is 9.73. The van der Waals surface area contributed by atoms with Crippen LogP contribution in [0.1, 0.15) is 38.8 Å². The van der Waals surface area contributed by atoms with E-state index in [0.717, 1.165) is 5.75 Å². The average Bonchev–Trinajstić information content (AvgIpc) is 2.80. The third-order valence-electron chi connectivity index (χ3n) is 6.43. The fraction of sp³-hybridized carbons (Fsp3) is 0.320. The molecule has 0 N–H and O–H groups in total. The summed E-state index contributed by atoms with van der Waals surface area (Å²) >= 11 is 0. The molecular weight excluding hydrogens is 330 g/mol. The Morgan fingerprint density at radius 2 is 1.56 bits per heavy atom. The Hall–Kier alpha value is -2.61. The van der Waals surface area contributed by atoms with Gasteiger partial charge in [-0.05, 0) is 55.7 Å². The third kappa shape index (κ3) is 2.75. The summed E-state index contributed by atoms with van der Waals surface area (Å²) in [4.78, 5) is 0. The lowest BCUT2D eigenvalue weighted by molar-refractivity contribution is -0.660. The molecular formula is C25H28NO+. The Labute approximate surface area is 162 Å². The Kier molecular flexibility index (Phi) is 3.92. The number of benzene rings is 2. The Balaban J connectivity index is 1.83. The molecule has 0 amide bonds. The van der Waals surface area contributed by atoms with Crippen LogP contribution in [0.25, 0.3) is 22.4 Å². The maximum atomic E-state index is 6.22. The maximum Gasteiger partial charge on any atom is 0.213 e. The number of ether oxygens (including phenoxy) is 1. The third-order valence-corrected chi connectivity index (χ3v) is 6.43. The second kappa shape index (κ2) is 5.95. The highest BCUT2D eigenvalue weighted by Crippen LogP contribution is 2.49. The number of hydrogen-bond donors (Lipinski definition) is 0. The quantitative estimate of drug-likeness (QED) is 0.543. The van der Waals surface area contributed by atoms with Crippen molar-refractivity contribution >= 4 is 0 Å². The highest BCUT2D eigenvalue weighted by atomic mass is 16.5. The number of fused-ring (bicyclic) bond motifs is 1. The molecule has 2 aromatic carbocycles. The van der Waals surface area contributed by atoms with Gasteiger partial charge < -0.3 is 4.74 Å². The van der Waals surface area contributed by atoms with Crippen LogP contribution < -0.4 is 9.30 Å². The minimum absolute atomic E-state index is 0.0311. The van der Waals surface area contributed by atoms with E-state index >= 15 is 0 Å². The lowest BCUT2D eigenvalue weighted by Crippen LogP contribution is -2.41. The minimum atomic E-state index is -0.205. The molecule has 2 heterocycles. The van der Waals surface area contributed by atoms with E-state index < -0.39 is 0 Å². The van der Waals surface area contributed by atoms with Gasteiger partial charge >= 0.3 is 0 Å². The molecule has 2 nitrogen and oxygen atoms in total. The van der Waals surface area contributed by atoms with Gasteiger partial charge in [0.1, 0.15) is 18.4 Å². The zero-order chi connectivity index (χ0) is 19.4. The molecule has 1 aliphatic heterocycles. The Bertz CT molecular complexity index is 1030. The molecule has 4 rings (SSSR count). The van der Waals surface area contributed by atoms with Gasteiger partial charge in [-0.25, -0.2) is 4.57 Å². The molecule has 0 bridgehead atoms. The Morgan fingerprint density at radius 1 is 0.852 bits per heavy atom. The highest BCUT2D eigenvalue weighted by Gasteiger charge is 2.47. The summed E-state index contributed by atoms with van der Waals surface area (Å²) in [7, 11) is 2.10. The predicted octanol–water partition coefficient (Wildman–Crippen LogP) is 5.60. The molecule has 1 aliphatic rings. The van der Waals surface area contributed by atoms with E-state index in [9.17, 15) is 0 Å². The molecule has 2 heteroatoms. The maximum absolute atomic E-state index is 6.22. The second-order valence-electron chi connectivity index (χ2n) is 8.67. The lowest BCUT2D eigenvalue weighted by Gasteiger charge is -2.33. The van der Waals surface area contributed by atoms with Crippen LogP contribution in [0.5, 0.6) is 5.75 Å². The topological polar surface area (TPSA) is 13.1 Å². The average molecular weight is 359 g/mol. The summed E-state index contributed by atoms with van der Waals surface area (Å²) in [5, 5.41) is 0. The van der Waals surface area contributed by atoms with Crippen LogP contribution in [0, 0.1) is 6.92 Å². The number of aryl methyl sites for hydroxylation is 2. The van der Waals surface area contributed by atoms with E-state index in [1.54, 1.807) is 0 Å². The van der Waals surface area contributed by atoms with Gasteiger partial charge in [-0.1, -0.05) is 38.1 Å². The SMILES string of the molecule is Cc1ccccc1-c1cc(-c2ccc3c(c2)C(C)(C)C(C)(C)O3)cc[n+]1C. The van der Waals surface area contributed by atoms with Crippen molar-refractivity contribution in [3.63, 3.8) is 0 Å². The first-order valence-electron chi connectivity index (χ1n) is 9.60. The van der Waals surface area contributed by atoms with E-state index in [4.69, 9.17) is 4.74 Å². The molecule has 138 valence electrons. The van der Waals surface area contributed by atoms with Gasteiger partial charge in [-0.15, -0.1) is 0 Å².